The minimum Gasteiger partial charge on any atom is -0.759 e. The molecule has 4 rings (SSSR count). The average Bonchev–Trinajstić information content (AvgIpc) is 3.33. The number of sulfonamides is 1. The lowest BCUT2D eigenvalue weighted by Gasteiger charge is -2.35. The summed E-state index contributed by atoms with van der Waals surface area (Å²) in [5.74, 6) is -0.327. The van der Waals surface area contributed by atoms with Crippen molar-refractivity contribution in [2.75, 3.05) is 26.2 Å². The van der Waals surface area contributed by atoms with Crippen LogP contribution in [0.25, 0.3) is 22.4 Å². The van der Waals surface area contributed by atoms with Crippen molar-refractivity contribution < 1.29 is 45.4 Å². The summed E-state index contributed by atoms with van der Waals surface area (Å²) in [6.45, 7) is 9.31. The van der Waals surface area contributed by atoms with E-state index < -0.39 is 38.5 Å². The highest BCUT2D eigenvalue weighted by molar-refractivity contribution is 7.89. The van der Waals surface area contributed by atoms with Gasteiger partial charge in [0.2, 0.25) is 10.0 Å². The first kappa shape index (κ1) is 43.0. The number of rotatable bonds is 12. The highest BCUT2D eigenvalue weighted by Crippen LogP contribution is 2.32. The van der Waals surface area contributed by atoms with Crippen LogP contribution in [0.5, 0.6) is 5.75 Å². The van der Waals surface area contributed by atoms with E-state index in [0.29, 0.717) is 67.8 Å². The van der Waals surface area contributed by atoms with Gasteiger partial charge in [-0.05, 0) is 58.2 Å². The van der Waals surface area contributed by atoms with Crippen LogP contribution < -0.4 is 32.4 Å². The van der Waals surface area contributed by atoms with Crippen LogP contribution in [0.15, 0.2) is 27.9 Å². The van der Waals surface area contributed by atoms with Crippen molar-refractivity contribution in [2.45, 2.75) is 76.4 Å². The molecule has 286 valence electrons. The quantitative estimate of drug-likeness (QED) is 0.0774. The number of aromatic amines is 1. The normalized spacial score (nSPS) is 17.0. The highest BCUT2D eigenvalue weighted by atomic mass is 32.3. The molecule has 1 aliphatic rings. The van der Waals surface area contributed by atoms with Gasteiger partial charge >= 0.3 is 12.0 Å². The Morgan fingerprint density at radius 1 is 1.16 bits per heavy atom. The Bertz CT molecular complexity index is 1920. The number of hydrogen-bond donors (Lipinski definition) is 6. The van der Waals surface area contributed by atoms with Gasteiger partial charge in [0.25, 0.3) is 5.56 Å². The lowest BCUT2D eigenvalue weighted by Crippen LogP contribution is -2.55. The number of carbonyl (C=O) groups is 2. The first-order valence-corrected chi connectivity index (χ1v) is 18.6. The van der Waals surface area contributed by atoms with Crippen molar-refractivity contribution in [2.24, 2.45) is 18.5 Å². The van der Waals surface area contributed by atoms with E-state index in [2.05, 4.69) is 20.7 Å². The van der Waals surface area contributed by atoms with Crippen LogP contribution in [-0.4, -0.2) is 111 Å². The summed E-state index contributed by atoms with van der Waals surface area (Å²) in [7, 11) is -7.21. The molecule has 1 unspecified atom stereocenters. The molecule has 3 heterocycles. The summed E-state index contributed by atoms with van der Waals surface area (Å²) in [6.07, 6.45) is 2.38. The topological polar surface area (TPSA) is 321 Å². The molecule has 2 amide bonds. The van der Waals surface area contributed by atoms with Crippen molar-refractivity contribution in [1.82, 2.24) is 34.7 Å². The largest absolute Gasteiger partial charge is 0.759 e. The zero-order chi connectivity index (χ0) is 38.7. The maximum absolute atomic E-state index is 13.5. The Balaban J connectivity index is 0.000000441. The van der Waals surface area contributed by atoms with Crippen LogP contribution in [0.1, 0.15) is 52.7 Å². The molecule has 3 aromatic rings. The zero-order valence-corrected chi connectivity index (χ0v) is 30.5. The number of carbonyl (C=O) groups excluding carboxylic acids is 1. The van der Waals surface area contributed by atoms with E-state index in [-0.39, 0.29) is 28.4 Å². The van der Waals surface area contributed by atoms with Crippen molar-refractivity contribution in [3.05, 3.63) is 34.2 Å². The second-order valence-electron chi connectivity index (χ2n) is 11.6. The van der Waals surface area contributed by atoms with Gasteiger partial charge in [-0.1, -0.05) is 13.3 Å². The molecule has 0 spiro atoms. The Morgan fingerprint density at radius 3 is 2.29 bits per heavy atom. The number of amides is 2. The summed E-state index contributed by atoms with van der Waals surface area (Å²) in [5, 5.41) is 18.5. The molecular formula is C29H45N9O11S2-2. The van der Waals surface area contributed by atoms with E-state index in [4.69, 9.17) is 43.8 Å². The van der Waals surface area contributed by atoms with Gasteiger partial charge in [-0.3, -0.25) is 22.7 Å². The Labute approximate surface area is 295 Å². The van der Waals surface area contributed by atoms with Crippen LogP contribution in [0.4, 0.5) is 4.79 Å². The predicted molar refractivity (Wildman–Crippen MR) is 183 cm³/mol. The van der Waals surface area contributed by atoms with Crippen molar-refractivity contribution in [3.8, 4) is 17.1 Å². The van der Waals surface area contributed by atoms with Gasteiger partial charge in [0.05, 0.1) is 22.8 Å². The molecule has 1 aromatic carbocycles. The number of nitrogens with zero attached hydrogens (tertiary/aromatic N) is 4. The number of urea groups is 1. The standard InChI is InChI=1S/C23H32N6O4S.C6H13N3O3.H2O4S/c1-6-8-18-20-21(28(5)27-18)23(30)26-22(25-20)17-11-16(9-10-19(17)33-7-2)34(31,32)29-12-14(3)24-15(4)13-29;7-4(5(10)11)2-1-3-9-6(8)12;1-5(2,3)4/h9-11,14-15,24H,6-8,12-13H2,1-5H3,(H,25,26,30);4H,1-3,7H2,(H,10,11)(H3,8,9,12);(H2,1,2,3,4)/p-2/t14-,15+;;. The number of carboxylic acid groups (broad SMARTS) is 1. The second-order valence-corrected chi connectivity index (χ2v) is 14.4. The van der Waals surface area contributed by atoms with Crippen LogP contribution in [0.2, 0.25) is 0 Å². The lowest BCUT2D eigenvalue weighted by atomic mass is 10.1. The third-order valence-electron chi connectivity index (χ3n) is 7.23. The molecular weight excluding hydrogens is 715 g/mol. The first-order chi connectivity index (χ1) is 23.7. The van der Waals surface area contributed by atoms with Gasteiger partial charge in [-0.15, -0.1) is 0 Å². The fourth-order valence-corrected chi connectivity index (χ4v) is 6.84. The van der Waals surface area contributed by atoms with Gasteiger partial charge in [-0.25, -0.2) is 18.2 Å². The number of benzene rings is 1. The number of aryl methyl sites for hydroxylation is 2. The molecule has 20 nitrogen and oxygen atoms in total. The van der Waals surface area contributed by atoms with E-state index in [1.54, 1.807) is 19.2 Å². The zero-order valence-electron chi connectivity index (χ0n) is 28.9. The molecule has 0 bridgehead atoms. The molecule has 1 fully saturated rings. The Hall–Kier alpha value is -4.19. The number of piperazine rings is 1. The third-order valence-corrected chi connectivity index (χ3v) is 9.05. The van der Waals surface area contributed by atoms with Crippen LogP contribution in [0, 0.1) is 0 Å². The summed E-state index contributed by atoms with van der Waals surface area (Å²) < 4.78 is 69.9. The van der Waals surface area contributed by atoms with Gasteiger partial charge < -0.3 is 46.0 Å². The SMILES string of the molecule is CCCc1nn(C)c2c(=O)[nH]c(-c3cc(S(=O)(=O)N4C[C@@H](C)N[C@@H](C)C4)ccc3OCC)nc12.NC(=O)NCCCC(N)C(=O)O.O=S(=O)([O-])[O-]. The number of aliphatic carboxylic acids is 1. The second kappa shape index (κ2) is 18.9. The molecule has 22 heteroatoms. The Morgan fingerprint density at radius 2 is 1.76 bits per heavy atom. The van der Waals surface area contributed by atoms with Crippen molar-refractivity contribution >= 4 is 43.5 Å². The highest BCUT2D eigenvalue weighted by Gasteiger charge is 2.32. The molecule has 0 aliphatic carbocycles. The molecule has 0 radical (unpaired) electrons. The number of ether oxygens (including phenoxy) is 1. The number of aromatic nitrogens is 4. The molecule has 3 atom stereocenters. The van der Waals surface area contributed by atoms with E-state index in [9.17, 15) is 22.8 Å². The van der Waals surface area contributed by atoms with Crippen LogP contribution >= 0.6 is 0 Å². The monoisotopic (exact) mass is 759 g/mol. The van der Waals surface area contributed by atoms with Crippen molar-refractivity contribution in [1.29, 1.82) is 0 Å². The van der Waals surface area contributed by atoms with Crippen molar-refractivity contribution in [3.63, 3.8) is 0 Å². The third kappa shape index (κ3) is 13.1. The van der Waals surface area contributed by atoms with E-state index in [0.717, 1.165) is 12.1 Å². The molecule has 1 saturated heterocycles. The fourth-order valence-electron chi connectivity index (χ4n) is 5.19. The summed E-state index contributed by atoms with van der Waals surface area (Å²) in [5.41, 5.74) is 11.7. The van der Waals surface area contributed by atoms with Crippen LogP contribution in [-0.2, 0) is 38.7 Å². The predicted octanol–water partition coefficient (Wildman–Crippen LogP) is -0.445. The van der Waals surface area contributed by atoms with Crippen LogP contribution in [0.3, 0.4) is 0 Å². The number of carboxylic acids is 1. The van der Waals surface area contributed by atoms with E-state index in [1.807, 2.05) is 27.7 Å². The van der Waals surface area contributed by atoms with Gasteiger partial charge in [0, 0.05) is 49.2 Å². The summed E-state index contributed by atoms with van der Waals surface area (Å²) in [6, 6.07) is 3.33. The first-order valence-electron chi connectivity index (χ1n) is 15.9. The lowest BCUT2D eigenvalue weighted by molar-refractivity contribution is -0.138. The number of primary amides is 1. The number of fused-ring (bicyclic) bond motifs is 1. The van der Waals surface area contributed by atoms with Gasteiger partial charge in [0.1, 0.15) is 23.1 Å². The van der Waals surface area contributed by atoms with E-state index in [1.165, 1.54) is 15.1 Å². The Kier molecular flexibility index (Phi) is 15.9. The maximum atomic E-state index is 13.5. The average molecular weight is 760 g/mol. The minimum atomic E-state index is -5.17. The molecule has 8 N–H and O–H groups in total. The maximum Gasteiger partial charge on any atom is 0.320 e. The number of hydrogen-bond acceptors (Lipinski definition) is 14. The minimum absolute atomic E-state index is 0.0451. The molecule has 1 aliphatic heterocycles. The van der Waals surface area contributed by atoms with E-state index >= 15 is 0 Å². The summed E-state index contributed by atoms with van der Waals surface area (Å²) >= 11 is 0. The molecule has 0 saturated carbocycles. The number of nitrogens with two attached hydrogens (primary N) is 2. The number of H-pyrrole nitrogens is 1. The summed E-state index contributed by atoms with van der Waals surface area (Å²) in [4.78, 5) is 40.9. The van der Waals surface area contributed by atoms with Gasteiger partial charge in [-0.2, -0.15) is 9.40 Å². The fraction of sp³-hybridized carbons (Fsp3) is 0.552. The molecule has 2 aromatic heterocycles. The number of nitrogens with one attached hydrogen (secondary N) is 3. The molecule has 51 heavy (non-hydrogen) atoms. The smallest absolute Gasteiger partial charge is 0.320 e. The van der Waals surface area contributed by atoms with Gasteiger partial charge in [0.15, 0.2) is 5.52 Å².